The predicted octanol–water partition coefficient (Wildman–Crippen LogP) is 3.89. The summed E-state index contributed by atoms with van der Waals surface area (Å²) in [5.74, 6) is 0.354. The van der Waals surface area contributed by atoms with Crippen LogP contribution in [0.4, 0.5) is 0 Å². The van der Waals surface area contributed by atoms with Crippen LogP contribution in [0.2, 0.25) is 0 Å². The number of rotatable bonds is 2. The van der Waals surface area contributed by atoms with Gasteiger partial charge < -0.3 is 10.2 Å². The molecule has 4 heterocycles. The molecule has 4 rings (SSSR count). The first kappa shape index (κ1) is 15.7. The molecule has 126 valence electrons. The van der Waals surface area contributed by atoms with E-state index in [9.17, 15) is 10.2 Å². The maximum Gasteiger partial charge on any atom is 0.199 e. The molecule has 2 aliphatic rings. The van der Waals surface area contributed by atoms with Crippen molar-refractivity contribution >= 4 is 22.0 Å². The number of nitrogens with zero attached hydrogens (tertiary/aromatic N) is 3. The Morgan fingerprint density at radius 2 is 2.00 bits per heavy atom. The highest BCUT2D eigenvalue weighted by Gasteiger charge is 2.44. The van der Waals surface area contributed by atoms with Gasteiger partial charge in [0, 0.05) is 34.9 Å². The summed E-state index contributed by atoms with van der Waals surface area (Å²) in [4.78, 5) is 6.75. The molecule has 6 heteroatoms. The zero-order valence-electron chi connectivity index (χ0n) is 13.5. The van der Waals surface area contributed by atoms with Crippen molar-refractivity contribution in [2.24, 2.45) is 7.05 Å². The third-order valence-electron chi connectivity index (χ3n) is 5.14. The number of hydrogen-bond acceptors (Lipinski definition) is 4. The lowest BCUT2D eigenvalue weighted by molar-refractivity contribution is 0.138. The van der Waals surface area contributed by atoms with Crippen LogP contribution in [0, 0.1) is 0 Å². The molecular formula is C18H20BrN3O2. The first-order chi connectivity index (χ1) is 11.6. The average Bonchev–Trinajstić information content (AvgIpc) is 3.04. The second-order valence-electron chi connectivity index (χ2n) is 6.49. The number of halogens is 1. The summed E-state index contributed by atoms with van der Waals surface area (Å²) in [6.45, 7) is 0.977. The van der Waals surface area contributed by atoms with E-state index in [4.69, 9.17) is 0 Å². The Kier molecular flexibility index (Phi) is 3.89. The van der Waals surface area contributed by atoms with E-state index in [2.05, 4.69) is 31.9 Å². The average molecular weight is 390 g/mol. The molecule has 0 saturated carbocycles. The van der Waals surface area contributed by atoms with Gasteiger partial charge in [-0.05, 0) is 53.5 Å². The first-order valence-corrected chi connectivity index (χ1v) is 9.03. The van der Waals surface area contributed by atoms with E-state index in [0.717, 1.165) is 47.1 Å². The fourth-order valence-corrected chi connectivity index (χ4v) is 4.20. The molecule has 0 radical (unpaired) electrons. The summed E-state index contributed by atoms with van der Waals surface area (Å²) in [5.41, 5.74) is 2.61. The number of hydrogen-bond donors (Lipinski definition) is 2. The topological polar surface area (TPSA) is 61.5 Å². The van der Waals surface area contributed by atoms with E-state index in [-0.39, 0.29) is 23.8 Å². The lowest BCUT2D eigenvalue weighted by Gasteiger charge is -2.33. The molecule has 2 atom stereocenters. The maximum absolute atomic E-state index is 10.5. The van der Waals surface area contributed by atoms with Crippen LogP contribution in [-0.2, 0) is 7.05 Å². The Balaban J connectivity index is 1.74. The standard InChI is InChI=1S/C18H20BrN3O2/c1-21-17(23)15-13-4-2-3-9-22(13)14(16(15)18(21)24)8-7-12-6-5-11(19)10-20-12/h5-8,10,13-14,23-24H,2-4,9H2,1H3. The number of fused-ring (bicyclic) bond motifs is 3. The summed E-state index contributed by atoms with van der Waals surface area (Å²) in [6.07, 6.45) is 9.16. The van der Waals surface area contributed by atoms with Gasteiger partial charge in [-0.3, -0.25) is 14.5 Å². The SMILES string of the molecule is Cn1c(O)c2c(c1O)C1CCCCN1C2C=Cc1ccc(Br)cn1. The largest absolute Gasteiger partial charge is 0.494 e. The van der Waals surface area contributed by atoms with Crippen LogP contribution < -0.4 is 0 Å². The number of piperidine rings is 1. The second-order valence-corrected chi connectivity index (χ2v) is 7.40. The van der Waals surface area contributed by atoms with Crippen LogP contribution >= 0.6 is 15.9 Å². The smallest absolute Gasteiger partial charge is 0.199 e. The zero-order chi connectivity index (χ0) is 16.8. The van der Waals surface area contributed by atoms with Crippen molar-refractivity contribution in [3.63, 3.8) is 0 Å². The van der Waals surface area contributed by atoms with Crippen molar-refractivity contribution in [3.05, 3.63) is 45.7 Å². The molecule has 24 heavy (non-hydrogen) atoms. The Hall–Kier alpha value is -1.79. The van der Waals surface area contributed by atoms with Crippen LogP contribution in [0.25, 0.3) is 6.08 Å². The van der Waals surface area contributed by atoms with Crippen LogP contribution in [0.5, 0.6) is 11.8 Å². The van der Waals surface area contributed by atoms with E-state index < -0.39 is 0 Å². The van der Waals surface area contributed by atoms with Crippen molar-refractivity contribution < 1.29 is 10.2 Å². The Labute approximate surface area is 149 Å². The van der Waals surface area contributed by atoms with Gasteiger partial charge in [-0.1, -0.05) is 12.5 Å². The molecule has 1 fully saturated rings. The third kappa shape index (κ3) is 2.36. The van der Waals surface area contributed by atoms with Gasteiger partial charge in [-0.25, -0.2) is 0 Å². The first-order valence-electron chi connectivity index (χ1n) is 8.24. The number of pyridine rings is 1. The number of aromatic nitrogens is 2. The van der Waals surface area contributed by atoms with Crippen molar-refractivity contribution in [1.82, 2.24) is 14.5 Å². The molecule has 0 aliphatic carbocycles. The van der Waals surface area contributed by atoms with Crippen LogP contribution in [0.3, 0.4) is 0 Å². The van der Waals surface area contributed by atoms with E-state index in [1.54, 1.807) is 13.2 Å². The highest BCUT2D eigenvalue weighted by atomic mass is 79.9. The molecule has 5 nitrogen and oxygen atoms in total. The summed E-state index contributed by atoms with van der Waals surface area (Å²) < 4.78 is 2.43. The molecular weight excluding hydrogens is 370 g/mol. The summed E-state index contributed by atoms with van der Waals surface area (Å²) in [7, 11) is 1.70. The minimum absolute atomic E-state index is 0.0251. The third-order valence-corrected chi connectivity index (χ3v) is 5.61. The highest BCUT2D eigenvalue weighted by molar-refractivity contribution is 9.10. The van der Waals surface area contributed by atoms with Crippen LogP contribution in [-0.4, -0.2) is 31.2 Å². The quantitative estimate of drug-likeness (QED) is 0.817. The molecule has 2 aliphatic heterocycles. The Morgan fingerprint density at radius 3 is 2.75 bits per heavy atom. The molecule has 0 bridgehead atoms. The van der Waals surface area contributed by atoms with Crippen LogP contribution in [0.1, 0.15) is 48.2 Å². The lowest BCUT2D eigenvalue weighted by Crippen LogP contribution is -2.30. The molecule has 0 amide bonds. The minimum atomic E-state index is -0.0251. The summed E-state index contributed by atoms with van der Waals surface area (Å²) in [5, 5.41) is 21.0. The Bertz CT molecular complexity index is 798. The summed E-state index contributed by atoms with van der Waals surface area (Å²) in [6, 6.07) is 4.07. The van der Waals surface area contributed by atoms with Crippen molar-refractivity contribution in [2.45, 2.75) is 31.3 Å². The second kappa shape index (κ2) is 5.93. The summed E-state index contributed by atoms with van der Waals surface area (Å²) >= 11 is 3.39. The molecule has 2 aromatic heterocycles. The minimum Gasteiger partial charge on any atom is -0.494 e. The van der Waals surface area contributed by atoms with Gasteiger partial charge >= 0.3 is 0 Å². The molecule has 2 aromatic rings. The monoisotopic (exact) mass is 389 g/mol. The van der Waals surface area contributed by atoms with Gasteiger partial charge in [0.15, 0.2) is 11.8 Å². The van der Waals surface area contributed by atoms with Gasteiger partial charge in [0.1, 0.15) is 0 Å². The van der Waals surface area contributed by atoms with Gasteiger partial charge in [0.05, 0.1) is 11.7 Å². The lowest BCUT2D eigenvalue weighted by atomic mass is 9.99. The van der Waals surface area contributed by atoms with Crippen LogP contribution in [0.15, 0.2) is 28.9 Å². The number of aromatic hydroxyl groups is 2. The fraction of sp³-hybridized carbons (Fsp3) is 0.389. The van der Waals surface area contributed by atoms with Gasteiger partial charge in [0.25, 0.3) is 0 Å². The van der Waals surface area contributed by atoms with Gasteiger partial charge in [0.2, 0.25) is 0 Å². The Morgan fingerprint density at radius 1 is 1.21 bits per heavy atom. The van der Waals surface area contributed by atoms with Crippen molar-refractivity contribution in [2.75, 3.05) is 6.54 Å². The predicted molar refractivity (Wildman–Crippen MR) is 95.8 cm³/mol. The zero-order valence-corrected chi connectivity index (χ0v) is 15.1. The van der Waals surface area contributed by atoms with Gasteiger partial charge in [-0.15, -0.1) is 0 Å². The van der Waals surface area contributed by atoms with E-state index in [1.165, 1.54) is 4.57 Å². The molecule has 0 aromatic carbocycles. The van der Waals surface area contributed by atoms with E-state index in [0.29, 0.717) is 0 Å². The van der Waals surface area contributed by atoms with Crippen molar-refractivity contribution in [1.29, 1.82) is 0 Å². The highest BCUT2D eigenvalue weighted by Crippen LogP contribution is 2.54. The van der Waals surface area contributed by atoms with Crippen molar-refractivity contribution in [3.8, 4) is 11.8 Å². The molecule has 1 saturated heterocycles. The molecule has 0 spiro atoms. The molecule has 2 unspecified atom stereocenters. The fourth-order valence-electron chi connectivity index (χ4n) is 3.97. The maximum atomic E-state index is 10.5. The van der Waals surface area contributed by atoms with E-state index in [1.807, 2.05) is 18.2 Å². The van der Waals surface area contributed by atoms with Gasteiger partial charge in [-0.2, -0.15) is 0 Å². The molecule has 2 N–H and O–H groups in total. The normalized spacial score (nSPS) is 23.6. The van der Waals surface area contributed by atoms with E-state index >= 15 is 0 Å².